The van der Waals surface area contributed by atoms with Crippen LogP contribution in [-0.4, -0.2) is 46.2 Å². The van der Waals surface area contributed by atoms with Gasteiger partial charge in [-0.05, 0) is 12.8 Å². The Hall–Kier alpha value is -0.420. The Balaban J connectivity index is 2.77. The quantitative estimate of drug-likeness (QED) is 0.789. The van der Waals surface area contributed by atoms with Crippen LogP contribution in [0.25, 0.3) is 0 Å². The summed E-state index contributed by atoms with van der Waals surface area (Å²) in [6.07, 6.45) is 3.66. The van der Waals surface area contributed by atoms with E-state index in [1.165, 1.54) is 0 Å². The molecule has 2 N–H and O–H groups in total. The van der Waals surface area contributed by atoms with Crippen LogP contribution in [0.5, 0.6) is 0 Å². The highest BCUT2D eigenvalue weighted by atomic mass is 32.2. The first-order chi connectivity index (χ1) is 8.59. The van der Waals surface area contributed by atoms with E-state index in [-0.39, 0.29) is 11.3 Å². The maximum atomic E-state index is 12.7. The molecule has 0 atom stereocenters. The molecule has 4 nitrogen and oxygen atoms in total. The maximum Gasteiger partial charge on any atom is 0.230 e. The lowest BCUT2D eigenvalue weighted by Gasteiger charge is -2.38. The van der Waals surface area contributed by atoms with E-state index in [0.29, 0.717) is 31.1 Å². The molecule has 0 aromatic heterocycles. The second kappa shape index (κ2) is 7.24. The average molecular weight is 274 g/mol. The molecule has 106 valence electrons. The minimum Gasteiger partial charge on any atom is -0.340 e. The van der Waals surface area contributed by atoms with Crippen LogP contribution in [0.2, 0.25) is 0 Å². The molecule has 1 rings (SSSR count). The Bertz CT molecular complexity index is 291. The third kappa shape index (κ3) is 3.54. The molecular formula is C13H26N2O2S. The minimum atomic E-state index is -0.739. The fourth-order valence-corrected chi connectivity index (χ4v) is 3.82. The molecule has 0 radical (unpaired) electrons. The monoisotopic (exact) mass is 274 g/mol. The summed E-state index contributed by atoms with van der Waals surface area (Å²) >= 11 is 0. The Kier molecular flexibility index (Phi) is 6.29. The smallest absolute Gasteiger partial charge is 0.230 e. The molecule has 1 saturated heterocycles. The number of carbonyl (C=O) groups is 1. The van der Waals surface area contributed by atoms with E-state index < -0.39 is 10.8 Å². The van der Waals surface area contributed by atoms with Gasteiger partial charge in [0.15, 0.2) is 0 Å². The second-order valence-electron chi connectivity index (χ2n) is 5.12. The van der Waals surface area contributed by atoms with Gasteiger partial charge in [0.25, 0.3) is 0 Å². The lowest BCUT2D eigenvalue weighted by molar-refractivity contribution is -0.142. The molecule has 0 saturated carbocycles. The number of nitrogens with zero attached hydrogens (tertiary/aromatic N) is 1. The topological polar surface area (TPSA) is 63.4 Å². The summed E-state index contributed by atoms with van der Waals surface area (Å²) in [4.78, 5) is 14.6. The van der Waals surface area contributed by atoms with Crippen molar-refractivity contribution in [2.45, 2.75) is 39.5 Å². The molecule has 1 fully saturated rings. The van der Waals surface area contributed by atoms with Gasteiger partial charge in [-0.15, -0.1) is 0 Å². The maximum absolute atomic E-state index is 12.7. The standard InChI is InChI=1S/C13H26N2O2S/c1-3-5-13(11-14,6-4-2)12(16)15-7-9-18(17)10-8-15/h3-11,14H2,1-2H3. The Morgan fingerprint density at radius 3 is 2.11 bits per heavy atom. The molecule has 1 heterocycles. The summed E-state index contributed by atoms with van der Waals surface area (Å²) in [6, 6.07) is 0. The molecule has 18 heavy (non-hydrogen) atoms. The van der Waals surface area contributed by atoms with Gasteiger partial charge in [0.05, 0.1) is 5.41 Å². The molecule has 1 aliphatic heterocycles. The number of hydrogen-bond acceptors (Lipinski definition) is 3. The Morgan fingerprint density at radius 1 is 1.22 bits per heavy atom. The predicted molar refractivity (Wildman–Crippen MR) is 75.8 cm³/mol. The first-order valence-corrected chi connectivity index (χ1v) is 8.43. The van der Waals surface area contributed by atoms with Gasteiger partial charge in [0.2, 0.25) is 5.91 Å². The van der Waals surface area contributed by atoms with Crippen LogP contribution in [0.3, 0.4) is 0 Å². The lowest BCUT2D eigenvalue weighted by Crippen LogP contribution is -2.52. The van der Waals surface area contributed by atoms with E-state index in [1.807, 2.05) is 4.90 Å². The van der Waals surface area contributed by atoms with Crippen LogP contribution in [0, 0.1) is 5.41 Å². The molecule has 0 aromatic carbocycles. The van der Waals surface area contributed by atoms with Crippen molar-refractivity contribution in [1.29, 1.82) is 0 Å². The molecule has 1 aliphatic rings. The molecule has 5 heteroatoms. The van der Waals surface area contributed by atoms with E-state index in [2.05, 4.69) is 13.8 Å². The zero-order chi connectivity index (χ0) is 13.6. The van der Waals surface area contributed by atoms with Crippen molar-refractivity contribution in [2.75, 3.05) is 31.1 Å². The normalized spacial score (nSPS) is 18.1. The van der Waals surface area contributed by atoms with E-state index in [0.717, 1.165) is 25.7 Å². The molecule has 0 unspecified atom stereocenters. The van der Waals surface area contributed by atoms with E-state index in [9.17, 15) is 9.00 Å². The van der Waals surface area contributed by atoms with Crippen molar-refractivity contribution < 1.29 is 9.00 Å². The van der Waals surface area contributed by atoms with Gasteiger partial charge in [0, 0.05) is 41.9 Å². The van der Waals surface area contributed by atoms with Crippen LogP contribution in [0.1, 0.15) is 39.5 Å². The Morgan fingerprint density at radius 2 is 1.72 bits per heavy atom. The van der Waals surface area contributed by atoms with Gasteiger partial charge in [0.1, 0.15) is 0 Å². The SMILES string of the molecule is CCCC(CN)(CCC)C(=O)N1CCS(=O)CC1. The molecule has 0 aliphatic carbocycles. The minimum absolute atomic E-state index is 0.186. The first kappa shape index (κ1) is 15.6. The van der Waals surface area contributed by atoms with Crippen molar-refractivity contribution in [1.82, 2.24) is 4.90 Å². The third-order valence-electron chi connectivity index (χ3n) is 3.77. The van der Waals surface area contributed by atoms with E-state index >= 15 is 0 Å². The molecule has 0 bridgehead atoms. The van der Waals surface area contributed by atoms with Gasteiger partial charge < -0.3 is 10.6 Å². The first-order valence-electron chi connectivity index (χ1n) is 6.94. The van der Waals surface area contributed by atoms with Crippen LogP contribution in [-0.2, 0) is 15.6 Å². The van der Waals surface area contributed by atoms with Crippen molar-refractivity contribution in [3.8, 4) is 0 Å². The van der Waals surface area contributed by atoms with Gasteiger partial charge in [-0.1, -0.05) is 26.7 Å². The van der Waals surface area contributed by atoms with Gasteiger partial charge in [-0.25, -0.2) is 0 Å². The van der Waals surface area contributed by atoms with Crippen LogP contribution < -0.4 is 5.73 Å². The van der Waals surface area contributed by atoms with Crippen molar-refractivity contribution in [3.05, 3.63) is 0 Å². The lowest BCUT2D eigenvalue weighted by atomic mass is 9.78. The molecule has 1 amide bonds. The number of rotatable bonds is 6. The highest BCUT2D eigenvalue weighted by molar-refractivity contribution is 7.85. The van der Waals surface area contributed by atoms with E-state index in [4.69, 9.17) is 5.73 Å². The molecule has 0 spiro atoms. The fourth-order valence-electron chi connectivity index (χ4n) is 2.76. The van der Waals surface area contributed by atoms with Crippen LogP contribution in [0.15, 0.2) is 0 Å². The summed E-state index contributed by atoms with van der Waals surface area (Å²) in [6.45, 7) is 5.87. The number of carbonyl (C=O) groups excluding carboxylic acids is 1. The second-order valence-corrected chi connectivity index (χ2v) is 6.82. The largest absolute Gasteiger partial charge is 0.340 e. The highest BCUT2D eigenvalue weighted by Gasteiger charge is 2.39. The van der Waals surface area contributed by atoms with Gasteiger partial charge in [-0.3, -0.25) is 9.00 Å². The van der Waals surface area contributed by atoms with Crippen molar-refractivity contribution in [2.24, 2.45) is 11.1 Å². The number of amides is 1. The summed E-state index contributed by atoms with van der Waals surface area (Å²) in [7, 11) is -0.739. The number of hydrogen-bond donors (Lipinski definition) is 1. The van der Waals surface area contributed by atoms with Gasteiger partial charge >= 0.3 is 0 Å². The molecular weight excluding hydrogens is 248 g/mol. The summed E-state index contributed by atoms with van der Waals surface area (Å²) < 4.78 is 11.4. The van der Waals surface area contributed by atoms with Crippen molar-refractivity contribution >= 4 is 16.7 Å². The highest BCUT2D eigenvalue weighted by Crippen LogP contribution is 2.31. The van der Waals surface area contributed by atoms with Gasteiger partial charge in [-0.2, -0.15) is 0 Å². The average Bonchev–Trinajstić information content (AvgIpc) is 2.38. The molecule has 0 aromatic rings. The van der Waals surface area contributed by atoms with E-state index in [1.54, 1.807) is 0 Å². The summed E-state index contributed by atoms with van der Waals surface area (Å²) in [5, 5.41) is 0. The van der Waals surface area contributed by atoms with Crippen LogP contribution in [0.4, 0.5) is 0 Å². The third-order valence-corrected chi connectivity index (χ3v) is 5.04. The van der Waals surface area contributed by atoms with Crippen LogP contribution >= 0.6 is 0 Å². The summed E-state index contributed by atoms with van der Waals surface area (Å²) in [5.41, 5.74) is 5.52. The predicted octanol–water partition coefficient (Wildman–Crippen LogP) is 1.12. The zero-order valence-electron chi connectivity index (χ0n) is 11.6. The fraction of sp³-hybridized carbons (Fsp3) is 0.923. The zero-order valence-corrected chi connectivity index (χ0v) is 12.4. The number of nitrogens with two attached hydrogens (primary N) is 1. The van der Waals surface area contributed by atoms with Crippen molar-refractivity contribution in [3.63, 3.8) is 0 Å². The summed E-state index contributed by atoms with van der Waals surface area (Å²) in [5.74, 6) is 1.42. The Labute approximate surface area is 113 Å².